The molecular formula is C22H31N5OS. The van der Waals surface area contributed by atoms with Crippen LogP contribution in [0.1, 0.15) is 20.8 Å². The Bertz CT molecular complexity index is 810. The average molecular weight is 414 g/mol. The number of hydrogen-bond acceptors (Lipinski definition) is 4. The van der Waals surface area contributed by atoms with Crippen molar-refractivity contribution in [1.82, 2.24) is 20.0 Å². The van der Waals surface area contributed by atoms with Gasteiger partial charge < -0.3 is 15.1 Å². The van der Waals surface area contributed by atoms with Crippen LogP contribution in [0.5, 0.6) is 0 Å². The number of thiophene rings is 1. The molecule has 7 heteroatoms. The van der Waals surface area contributed by atoms with Crippen molar-refractivity contribution in [3.63, 3.8) is 0 Å². The summed E-state index contributed by atoms with van der Waals surface area (Å²) >= 11 is 1.83. The summed E-state index contributed by atoms with van der Waals surface area (Å²) in [5, 5.41) is 5.63. The van der Waals surface area contributed by atoms with E-state index in [1.54, 1.807) is 19.0 Å². The minimum Gasteiger partial charge on any atom is -0.356 e. The molecule has 1 aliphatic heterocycles. The molecule has 1 fully saturated rings. The average Bonchev–Trinajstić information content (AvgIpc) is 3.24. The third-order valence-corrected chi connectivity index (χ3v) is 5.98. The molecule has 29 heavy (non-hydrogen) atoms. The summed E-state index contributed by atoms with van der Waals surface area (Å²) in [6, 6.07) is 12.2. The Morgan fingerprint density at radius 2 is 1.97 bits per heavy atom. The zero-order valence-corrected chi connectivity index (χ0v) is 18.4. The van der Waals surface area contributed by atoms with Crippen LogP contribution in [0.25, 0.3) is 0 Å². The van der Waals surface area contributed by atoms with E-state index in [1.807, 2.05) is 36.6 Å². The molecule has 1 amide bonds. The molecule has 0 unspecified atom stereocenters. The van der Waals surface area contributed by atoms with Crippen LogP contribution >= 0.6 is 11.3 Å². The third-order valence-electron chi connectivity index (χ3n) is 5.12. The molecule has 1 N–H and O–H groups in total. The molecule has 0 radical (unpaired) electrons. The monoisotopic (exact) mass is 413 g/mol. The second kappa shape index (κ2) is 10.4. The van der Waals surface area contributed by atoms with Gasteiger partial charge in [-0.1, -0.05) is 18.2 Å². The molecule has 6 nitrogen and oxygen atoms in total. The minimum absolute atomic E-state index is 0.0380. The molecule has 1 aromatic carbocycles. The number of carbonyl (C=O) groups is 1. The van der Waals surface area contributed by atoms with Crippen molar-refractivity contribution in [2.75, 3.05) is 53.9 Å². The molecule has 1 aliphatic rings. The molecule has 0 atom stereocenters. The third kappa shape index (κ3) is 6.05. The van der Waals surface area contributed by atoms with Gasteiger partial charge in [0.1, 0.15) is 0 Å². The van der Waals surface area contributed by atoms with Crippen molar-refractivity contribution in [2.45, 2.75) is 13.0 Å². The van der Waals surface area contributed by atoms with Crippen LogP contribution in [-0.4, -0.2) is 80.4 Å². The standard InChI is InChI=1S/C22H31N5OS/c1-23-22(27-13-11-26(12-14-27)17-20-8-5-15-29-20)24-10-9-18-6-4-7-19(16-18)21(28)25(2)3/h4-8,15-16H,9-14,17H2,1-3H3,(H,23,24). The van der Waals surface area contributed by atoms with Crippen molar-refractivity contribution < 1.29 is 4.79 Å². The van der Waals surface area contributed by atoms with Crippen molar-refractivity contribution in [1.29, 1.82) is 0 Å². The smallest absolute Gasteiger partial charge is 0.253 e. The summed E-state index contributed by atoms with van der Waals surface area (Å²) in [5.41, 5.74) is 1.89. The topological polar surface area (TPSA) is 51.2 Å². The van der Waals surface area contributed by atoms with Crippen LogP contribution in [0.15, 0.2) is 46.8 Å². The predicted octanol–water partition coefficient (Wildman–Crippen LogP) is 2.39. The first-order valence-electron chi connectivity index (χ1n) is 10.1. The van der Waals surface area contributed by atoms with Crippen molar-refractivity contribution >= 4 is 23.2 Å². The number of amides is 1. The van der Waals surface area contributed by atoms with Gasteiger partial charge >= 0.3 is 0 Å². The fourth-order valence-electron chi connectivity index (χ4n) is 3.51. The molecule has 0 saturated carbocycles. The minimum atomic E-state index is 0.0380. The Labute approximate surface area is 177 Å². The Balaban J connectivity index is 1.45. The maximum atomic E-state index is 12.1. The summed E-state index contributed by atoms with van der Waals surface area (Å²) < 4.78 is 0. The first-order chi connectivity index (χ1) is 14.1. The van der Waals surface area contributed by atoms with Gasteiger partial charge in [0.25, 0.3) is 5.91 Å². The Hall–Kier alpha value is -2.38. The lowest BCUT2D eigenvalue weighted by atomic mass is 10.1. The van der Waals surface area contributed by atoms with Gasteiger partial charge in [-0.3, -0.25) is 14.7 Å². The van der Waals surface area contributed by atoms with E-state index in [4.69, 9.17) is 0 Å². The number of hydrogen-bond donors (Lipinski definition) is 1. The number of guanidine groups is 1. The summed E-state index contributed by atoms with van der Waals surface area (Å²) in [5.74, 6) is 0.998. The van der Waals surface area contributed by atoms with Crippen LogP contribution in [0.2, 0.25) is 0 Å². The first-order valence-corrected chi connectivity index (χ1v) is 11.0. The molecule has 156 valence electrons. The Morgan fingerprint density at radius 1 is 1.17 bits per heavy atom. The predicted molar refractivity (Wildman–Crippen MR) is 121 cm³/mol. The van der Waals surface area contributed by atoms with Crippen LogP contribution in [0, 0.1) is 0 Å². The first kappa shape index (κ1) is 21.3. The lowest BCUT2D eigenvalue weighted by Crippen LogP contribution is -2.52. The Morgan fingerprint density at radius 3 is 2.62 bits per heavy atom. The highest BCUT2D eigenvalue weighted by molar-refractivity contribution is 7.09. The fraction of sp³-hybridized carbons (Fsp3) is 0.455. The van der Waals surface area contributed by atoms with Gasteiger partial charge in [-0.2, -0.15) is 0 Å². The zero-order chi connectivity index (χ0) is 20.6. The van der Waals surface area contributed by atoms with Gasteiger partial charge in [-0.25, -0.2) is 0 Å². The molecular weight excluding hydrogens is 382 g/mol. The molecule has 0 spiro atoms. The van der Waals surface area contributed by atoms with Gasteiger partial charge in [0.05, 0.1) is 0 Å². The number of benzene rings is 1. The van der Waals surface area contributed by atoms with E-state index in [-0.39, 0.29) is 5.91 Å². The summed E-state index contributed by atoms with van der Waals surface area (Å²) in [6.45, 7) is 5.90. The van der Waals surface area contributed by atoms with Crippen molar-refractivity contribution in [3.8, 4) is 0 Å². The molecule has 1 saturated heterocycles. The normalized spacial score (nSPS) is 15.4. The second-order valence-corrected chi connectivity index (χ2v) is 8.50. The lowest BCUT2D eigenvalue weighted by molar-refractivity contribution is 0.0827. The fourth-order valence-corrected chi connectivity index (χ4v) is 4.26. The van der Waals surface area contributed by atoms with Crippen molar-refractivity contribution in [2.24, 2.45) is 4.99 Å². The lowest BCUT2D eigenvalue weighted by Gasteiger charge is -2.36. The maximum Gasteiger partial charge on any atom is 0.253 e. The number of nitrogens with zero attached hydrogens (tertiary/aromatic N) is 4. The van der Waals surface area contributed by atoms with Crippen LogP contribution < -0.4 is 5.32 Å². The number of carbonyl (C=O) groups excluding carboxylic acids is 1. The largest absolute Gasteiger partial charge is 0.356 e. The van der Waals surface area contributed by atoms with Crippen molar-refractivity contribution in [3.05, 3.63) is 57.8 Å². The van der Waals surface area contributed by atoms with Gasteiger partial charge in [0.2, 0.25) is 0 Å². The zero-order valence-electron chi connectivity index (χ0n) is 17.6. The second-order valence-electron chi connectivity index (χ2n) is 7.47. The van der Waals surface area contributed by atoms with Crippen LogP contribution in [-0.2, 0) is 13.0 Å². The van der Waals surface area contributed by atoms with E-state index in [0.29, 0.717) is 0 Å². The summed E-state index contributed by atoms with van der Waals surface area (Å²) in [7, 11) is 5.40. The summed E-state index contributed by atoms with van der Waals surface area (Å²) in [6.07, 6.45) is 0.853. The number of piperazine rings is 1. The van der Waals surface area contributed by atoms with E-state index < -0.39 is 0 Å². The van der Waals surface area contributed by atoms with Gasteiger partial charge in [0, 0.05) is 70.9 Å². The highest BCUT2D eigenvalue weighted by atomic mass is 32.1. The van der Waals surface area contributed by atoms with E-state index in [0.717, 1.165) is 62.8 Å². The van der Waals surface area contributed by atoms with Crippen LogP contribution in [0.4, 0.5) is 0 Å². The van der Waals surface area contributed by atoms with E-state index in [2.05, 4.69) is 43.7 Å². The number of aliphatic imine (C=N–C) groups is 1. The SMILES string of the molecule is CN=C(NCCc1cccc(C(=O)N(C)C)c1)N1CCN(Cc2cccs2)CC1. The van der Waals surface area contributed by atoms with E-state index in [1.165, 1.54) is 4.88 Å². The maximum absolute atomic E-state index is 12.1. The molecule has 2 heterocycles. The number of nitrogens with one attached hydrogen (secondary N) is 1. The van der Waals surface area contributed by atoms with Gasteiger partial charge in [0.15, 0.2) is 5.96 Å². The molecule has 1 aromatic heterocycles. The molecule has 2 aromatic rings. The highest BCUT2D eigenvalue weighted by Crippen LogP contribution is 2.13. The van der Waals surface area contributed by atoms with E-state index in [9.17, 15) is 4.79 Å². The molecule has 0 aliphatic carbocycles. The van der Waals surface area contributed by atoms with E-state index >= 15 is 0 Å². The molecule has 0 bridgehead atoms. The summed E-state index contributed by atoms with van der Waals surface area (Å²) in [4.78, 5) is 24.5. The number of rotatable bonds is 6. The van der Waals surface area contributed by atoms with Crippen LogP contribution in [0.3, 0.4) is 0 Å². The molecule has 3 rings (SSSR count). The Kier molecular flexibility index (Phi) is 7.66. The van der Waals surface area contributed by atoms with Gasteiger partial charge in [-0.15, -0.1) is 11.3 Å². The highest BCUT2D eigenvalue weighted by Gasteiger charge is 2.19. The van der Waals surface area contributed by atoms with Gasteiger partial charge in [-0.05, 0) is 35.6 Å². The quantitative estimate of drug-likeness (QED) is 0.584.